The van der Waals surface area contributed by atoms with Crippen LogP contribution in [0.4, 0.5) is 11.5 Å². The molecule has 4 N–H and O–H groups in total. The molecule has 4 aliphatic rings. The Kier molecular flexibility index (Phi) is 8.80. The average Bonchev–Trinajstić information content (AvgIpc) is 3.15. The molecule has 254 valence electrons. The van der Waals surface area contributed by atoms with Gasteiger partial charge in [-0.3, -0.25) is 9.78 Å². The molecule has 2 aromatic heterocycles. The van der Waals surface area contributed by atoms with Crippen LogP contribution in [-0.4, -0.2) is 76.0 Å². The molecule has 4 aromatic rings. The van der Waals surface area contributed by atoms with E-state index < -0.39 is 0 Å². The number of fused-ring (bicyclic) bond motifs is 1. The first-order valence-corrected chi connectivity index (χ1v) is 18.0. The zero-order chi connectivity index (χ0) is 33.3. The highest BCUT2D eigenvalue weighted by molar-refractivity contribution is 5.87. The molecule has 1 unspecified atom stereocenters. The molecule has 49 heavy (non-hydrogen) atoms. The van der Waals surface area contributed by atoms with E-state index in [4.69, 9.17) is 15.5 Å². The van der Waals surface area contributed by atoms with Crippen molar-refractivity contribution in [3.05, 3.63) is 78.0 Å². The molecule has 3 fully saturated rings. The maximum absolute atomic E-state index is 12.7. The number of nitrogens with one attached hydrogen (secondary N) is 1. The average molecular weight is 660 g/mol. The number of phenolic OH excluding ortho intramolecular Hbond substituents is 1. The number of likely N-dealkylation sites (tertiary alicyclic amines) is 1. The summed E-state index contributed by atoms with van der Waals surface area (Å²) in [6.45, 7) is 4.31. The number of piperidine rings is 2. The van der Waals surface area contributed by atoms with Gasteiger partial charge in [-0.1, -0.05) is 30.3 Å². The monoisotopic (exact) mass is 659 g/mol. The predicted octanol–water partition coefficient (Wildman–Crippen LogP) is 5.88. The quantitative estimate of drug-likeness (QED) is 0.233. The van der Waals surface area contributed by atoms with E-state index in [1.807, 2.05) is 24.3 Å². The summed E-state index contributed by atoms with van der Waals surface area (Å²) in [5.41, 5.74) is 12.5. The number of hydrogen-bond acceptors (Lipinski definition) is 9. The molecule has 3 aliphatic heterocycles. The second-order valence-corrected chi connectivity index (χ2v) is 14.0. The molecule has 1 aliphatic carbocycles. The van der Waals surface area contributed by atoms with Crippen LogP contribution in [0.1, 0.15) is 74.5 Å². The standard InChI is InChI=1S/C39H45N7O3/c40-38-30(24-33(43-44-38)29-6-1-2-12-36(29)47)32-9-4-8-31(42-32)26-17-20-45(21-18-26)27-15-13-25(14-16-27)28-7-3-10-34-37(28)49-23-22-46(34)35-11-5-19-41-39(35)48/h1-4,6-10,12,24-27,35,47H,5,11,13-23H2,(H2,40,44)(H,41,48)/t25-,27-,35?. The fourth-order valence-corrected chi connectivity index (χ4v) is 8.56. The number of para-hydroxylation sites is 2. The number of nitrogens with two attached hydrogens (primary N) is 1. The summed E-state index contributed by atoms with van der Waals surface area (Å²) in [5, 5.41) is 21.8. The first kappa shape index (κ1) is 31.6. The SMILES string of the molecule is Nc1nnc(-c2ccccc2O)cc1-c1cccc(C2CCN([C@H]3CC[C@H](c4cccc5c4OCCN5C4CCCNC4=O)CC3)CC2)n1. The molecule has 2 saturated heterocycles. The number of nitrogen functional groups attached to an aromatic ring is 1. The highest BCUT2D eigenvalue weighted by Gasteiger charge is 2.36. The third-order valence-corrected chi connectivity index (χ3v) is 11.2. The Balaban J connectivity index is 0.899. The van der Waals surface area contributed by atoms with Gasteiger partial charge in [0.2, 0.25) is 5.91 Å². The summed E-state index contributed by atoms with van der Waals surface area (Å²) in [4.78, 5) is 22.8. The number of aromatic nitrogens is 3. The van der Waals surface area contributed by atoms with E-state index in [1.54, 1.807) is 12.1 Å². The van der Waals surface area contributed by atoms with Crippen molar-refractivity contribution in [3.8, 4) is 34.0 Å². The third-order valence-electron chi connectivity index (χ3n) is 11.2. The molecular formula is C39H45N7O3. The Morgan fingerprint density at radius 1 is 0.816 bits per heavy atom. The fraction of sp³-hybridized carbons (Fsp3) is 0.436. The number of hydrogen-bond donors (Lipinski definition) is 3. The van der Waals surface area contributed by atoms with Crippen LogP contribution >= 0.6 is 0 Å². The van der Waals surface area contributed by atoms with Crippen molar-refractivity contribution < 1.29 is 14.6 Å². The van der Waals surface area contributed by atoms with Gasteiger partial charge in [-0.15, -0.1) is 10.2 Å². The Bertz CT molecular complexity index is 1820. The zero-order valence-electron chi connectivity index (χ0n) is 27.9. The topological polar surface area (TPSA) is 130 Å². The van der Waals surface area contributed by atoms with Gasteiger partial charge in [0.15, 0.2) is 5.82 Å². The van der Waals surface area contributed by atoms with Crippen molar-refractivity contribution in [1.29, 1.82) is 0 Å². The third kappa shape index (κ3) is 6.30. The van der Waals surface area contributed by atoms with E-state index >= 15 is 0 Å². The van der Waals surface area contributed by atoms with Crippen molar-refractivity contribution in [2.24, 2.45) is 0 Å². The minimum absolute atomic E-state index is 0.100. The van der Waals surface area contributed by atoms with E-state index in [0.717, 1.165) is 93.1 Å². The molecule has 1 saturated carbocycles. The van der Waals surface area contributed by atoms with Crippen LogP contribution in [0.15, 0.2) is 66.7 Å². The fourth-order valence-electron chi connectivity index (χ4n) is 8.56. The van der Waals surface area contributed by atoms with Gasteiger partial charge in [-0.25, -0.2) is 0 Å². The van der Waals surface area contributed by atoms with E-state index in [9.17, 15) is 9.90 Å². The molecule has 2 aromatic carbocycles. The van der Waals surface area contributed by atoms with Crippen LogP contribution in [0, 0.1) is 0 Å². The smallest absolute Gasteiger partial charge is 0.242 e. The summed E-state index contributed by atoms with van der Waals surface area (Å²) >= 11 is 0. The number of amides is 1. The number of phenols is 1. The lowest BCUT2D eigenvalue weighted by Gasteiger charge is -2.42. The van der Waals surface area contributed by atoms with Gasteiger partial charge in [0, 0.05) is 35.3 Å². The number of nitrogens with zero attached hydrogens (tertiary/aromatic N) is 5. The summed E-state index contributed by atoms with van der Waals surface area (Å²) < 4.78 is 6.32. The molecule has 10 heteroatoms. The summed E-state index contributed by atoms with van der Waals surface area (Å²) in [7, 11) is 0. The second-order valence-electron chi connectivity index (χ2n) is 14.0. The highest BCUT2D eigenvalue weighted by atomic mass is 16.5. The minimum atomic E-state index is -0.100. The molecule has 1 amide bonds. The first-order valence-electron chi connectivity index (χ1n) is 18.0. The Morgan fingerprint density at radius 3 is 2.45 bits per heavy atom. The Morgan fingerprint density at radius 2 is 1.63 bits per heavy atom. The maximum atomic E-state index is 12.7. The molecule has 8 rings (SSSR count). The van der Waals surface area contributed by atoms with Crippen molar-refractivity contribution in [2.75, 3.05) is 43.4 Å². The van der Waals surface area contributed by atoms with Gasteiger partial charge in [0.1, 0.15) is 24.1 Å². The number of carbonyl (C=O) groups is 1. The largest absolute Gasteiger partial charge is 0.507 e. The van der Waals surface area contributed by atoms with Crippen LogP contribution in [0.25, 0.3) is 22.5 Å². The molecule has 0 radical (unpaired) electrons. The van der Waals surface area contributed by atoms with Crippen molar-refractivity contribution in [3.63, 3.8) is 0 Å². The number of benzene rings is 2. The number of anilines is 2. The number of rotatable bonds is 6. The normalized spacial score (nSPS) is 23.4. The first-order chi connectivity index (χ1) is 24.0. The van der Waals surface area contributed by atoms with E-state index in [2.05, 4.69) is 55.6 Å². The highest BCUT2D eigenvalue weighted by Crippen LogP contribution is 2.45. The number of pyridine rings is 1. The zero-order valence-corrected chi connectivity index (χ0v) is 27.9. The maximum Gasteiger partial charge on any atom is 0.242 e. The van der Waals surface area contributed by atoms with E-state index in [1.165, 1.54) is 18.4 Å². The van der Waals surface area contributed by atoms with Crippen LogP contribution in [-0.2, 0) is 4.79 Å². The van der Waals surface area contributed by atoms with Crippen molar-refractivity contribution in [1.82, 2.24) is 25.4 Å². The molecule has 1 atom stereocenters. The van der Waals surface area contributed by atoms with Gasteiger partial charge in [0.05, 0.1) is 23.6 Å². The van der Waals surface area contributed by atoms with Crippen molar-refractivity contribution >= 4 is 17.4 Å². The van der Waals surface area contributed by atoms with E-state index in [0.29, 0.717) is 41.6 Å². The van der Waals surface area contributed by atoms with Gasteiger partial charge in [-0.2, -0.15) is 0 Å². The van der Waals surface area contributed by atoms with Gasteiger partial charge < -0.3 is 30.7 Å². The van der Waals surface area contributed by atoms with Gasteiger partial charge in [-0.05, 0) is 112 Å². The second kappa shape index (κ2) is 13.7. The summed E-state index contributed by atoms with van der Waals surface area (Å²) in [6.07, 6.45) is 8.77. The predicted molar refractivity (Wildman–Crippen MR) is 191 cm³/mol. The molecule has 10 nitrogen and oxygen atoms in total. The van der Waals surface area contributed by atoms with Crippen molar-refractivity contribution in [2.45, 2.75) is 75.3 Å². The molecule has 5 heterocycles. The summed E-state index contributed by atoms with van der Waals surface area (Å²) in [6, 6.07) is 22.2. The molecule has 0 bridgehead atoms. The van der Waals surface area contributed by atoms with Crippen LogP contribution in [0.2, 0.25) is 0 Å². The van der Waals surface area contributed by atoms with Crippen LogP contribution < -0.4 is 20.7 Å². The van der Waals surface area contributed by atoms with E-state index in [-0.39, 0.29) is 17.7 Å². The van der Waals surface area contributed by atoms with Gasteiger partial charge >= 0.3 is 0 Å². The lowest BCUT2D eigenvalue weighted by molar-refractivity contribution is -0.123. The van der Waals surface area contributed by atoms with Gasteiger partial charge in [0.25, 0.3) is 0 Å². The molecular weight excluding hydrogens is 614 g/mol. The lowest BCUT2D eigenvalue weighted by atomic mass is 9.79. The van der Waals surface area contributed by atoms with Crippen LogP contribution in [0.5, 0.6) is 11.5 Å². The number of ether oxygens (including phenoxy) is 1. The number of carbonyl (C=O) groups excluding carboxylic acids is 1. The Labute approximate surface area is 287 Å². The minimum Gasteiger partial charge on any atom is -0.507 e. The summed E-state index contributed by atoms with van der Waals surface area (Å²) in [5.74, 6) is 2.50. The Hall–Kier alpha value is -4.70. The number of aromatic hydroxyl groups is 1. The molecule has 0 spiro atoms. The lowest BCUT2D eigenvalue weighted by Crippen LogP contribution is -2.53. The van der Waals surface area contributed by atoms with Crippen LogP contribution in [0.3, 0.4) is 0 Å².